The van der Waals surface area contributed by atoms with Gasteiger partial charge in [-0.3, -0.25) is 19.6 Å². The minimum atomic E-state index is -0.747. The van der Waals surface area contributed by atoms with Crippen LogP contribution in [0, 0.1) is 6.92 Å². The van der Waals surface area contributed by atoms with Gasteiger partial charge in [0.2, 0.25) is 11.8 Å². The minimum absolute atomic E-state index is 0.205. The van der Waals surface area contributed by atoms with Crippen molar-refractivity contribution in [3.05, 3.63) is 29.5 Å². The van der Waals surface area contributed by atoms with E-state index in [0.717, 1.165) is 22.2 Å². The van der Waals surface area contributed by atoms with Crippen LogP contribution < -0.4 is 5.32 Å². The number of hydrogen-bond donors (Lipinski definition) is 1. The molecule has 1 atom stereocenters. The van der Waals surface area contributed by atoms with Gasteiger partial charge in [-0.1, -0.05) is 12.1 Å². The van der Waals surface area contributed by atoms with E-state index < -0.39 is 5.41 Å². The molecule has 2 aromatic rings. The molecule has 1 fully saturated rings. The van der Waals surface area contributed by atoms with Crippen molar-refractivity contribution in [2.45, 2.75) is 32.1 Å². The van der Waals surface area contributed by atoms with Crippen molar-refractivity contribution in [3.63, 3.8) is 0 Å². The van der Waals surface area contributed by atoms with Crippen LogP contribution in [0.3, 0.4) is 0 Å². The summed E-state index contributed by atoms with van der Waals surface area (Å²) in [4.78, 5) is 23.6. The highest BCUT2D eigenvalue weighted by Gasteiger charge is 2.43. The Kier molecular flexibility index (Phi) is 2.67. The predicted molar refractivity (Wildman–Crippen MR) is 75.2 cm³/mol. The molecule has 1 saturated heterocycles. The number of fused-ring (bicyclic) bond motifs is 1. The van der Waals surface area contributed by atoms with E-state index in [4.69, 9.17) is 0 Å². The summed E-state index contributed by atoms with van der Waals surface area (Å²) < 4.78 is 1.80. The third-order valence-electron chi connectivity index (χ3n) is 4.14. The van der Waals surface area contributed by atoms with Crippen LogP contribution in [0.4, 0.5) is 0 Å². The number of aryl methyl sites for hydroxylation is 2. The molecule has 1 aromatic heterocycles. The molecule has 0 radical (unpaired) electrons. The lowest BCUT2D eigenvalue weighted by molar-refractivity contribution is -0.137. The SMILES string of the molecule is Cc1ccc2c(C3(C)CCC(=O)NC3=O)nn(C)c2c1. The Morgan fingerprint density at radius 2 is 2.10 bits per heavy atom. The fourth-order valence-corrected chi connectivity index (χ4v) is 2.81. The maximum Gasteiger partial charge on any atom is 0.238 e. The molecule has 2 amide bonds. The lowest BCUT2D eigenvalue weighted by Crippen LogP contribution is -2.50. The topological polar surface area (TPSA) is 64.0 Å². The van der Waals surface area contributed by atoms with Crippen molar-refractivity contribution in [2.75, 3.05) is 0 Å². The van der Waals surface area contributed by atoms with Gasteiger partial charge < -0.3 is 0 Å². The van der Waals surface area contributed by atoms with E-state index in [0.29, 0.717) is 12.8 Å². The molecule has 0 spiro atoms. The number of piperidine rings is 1. The monoisotopic (exact) mass is 271 g/mol. The number of amides is 2. The van der Waals surface area contributed by atoms with Gasteiger partial charge in [0, 0.05) is 18.9 Å². The number of aromatic nitrogens is 2. The fourth-order valence-electron chi connectivity index (χ4n) is 2.81. The maximum absolute atomic E-state index is 12.3. The Morgan fingerprint density at radius 3 is 2.80 bits per heavy atom. The number of rotatable bonds is 1. The normalized spacial score (nSPS) is 23.1. The summed E-state index contributed by atoms with van der Waals surface area (Å²) in [5.41, 5.74) is 2.16. The van der Waals surface area contributed by atoms with Gasteiger partial charge in [0.05, 0.1) is 16.6 Å². The van der Waals surface area contributed by atoms with Crippen molar-refractivity contribution in [1.82, 2.24) is 15.1 Å². The molecule has 1 aliphatic heterocycles. The number of carbonyl (C=O) groups excluding carboxylic acids is 2. The summed E-state index contributed by atoms with van der Waals surface area (Å²) in [7, 11) is 1.88. The summed E-state index contributed by atoms with van der Waals surface area (Å²) in [5.74, 6) is -0.460. The first-order valence-corrected chi connectivity index (χ1v) is 6.70. The second kappa shape index (κ2) is 4.16. The highest BCUT2D eigenvalue weighted by atomic mass is 16.2. The molecule has 0 saturated carbocycles. The van der Waals surface area contributed by atoms with Crippen LogP contribution in [0.2, 0.25) is 0 Å². The van der Waals surface area contributed by atoms with Crippen LogP contribution in [-0.2, 0) is 22.1 Å². The van der Waals surface area contributed by atoms with E-state index in [1.807, 2.05) is 33.0 Å². The largest absolute Gasteiger partial charge is 0.296 e. The molecular formula is C15H17N3O2. The van der Waals surface area contributed by atoms with E-state index in [-0.39, 0.29) is 11.8 Å². The third-order valence-corrected chi connectivity index (χ3v) is 4.14. The fraction of sp³-hybridized carbons (Fsp3) is 0.400. The van der Waals surface area contributed by atoms with Crippen molar-refractivity contribution < 1.29 is 9.59 Å². The lowest BCUT2D eigenvalue weighted by atomic mass is 9.77. The van der Waals surface area contributed by atoms with Crippen LogP contribution in [0.1, 0.15) is 31.0 Å². The second-order valence-corrected chi connectivity index (χ2v) is 5.70. The molecule has 104 valence electrons. The van der Waals surface area contributed by atoms with Crippen LogP contribution in [-0.4, -0.2) is 21.6 Å². The van der Waals surface area contributed by atoms with Crippen molar-refractivity contribution in [2.24, 2.45) is 7.05 Å². The van der Waals surface area contributed by atoms with Crippen LogP contribution >= 0.6 is 0 Å². The maximum atomic E-state index is 12.3. The lowest BCUT2D eigenvalue weighted by Gasteiger charge is -2.30. The number of benzene rings is 1. The molecule has 2 heterocycles. The smallest absolute Gasteiger partial charge is 0.238 e. The van der Waals surface area contributed by atoms with E-state index in [2.05, 4.69) is 16.5 Å². The molecule has 0 aliphatic carbocycles. The van der Waals surface area contributed by atoms with Gasteiger partial charge >= 0.3 is 0 Å². The standard InChI is InChI=1S/C15H17N3O2/c1-9-4-5-10-11(8-9)18(3)17-13(10)15(2)7-6-12(19)16-14(15)20/h4-5,8H,6-7H2,1-3H3,(H,16,19,20). The van der Waals surface area contributed by atoms with Crippen LogP contribution in [0.15, 0.2) is 18.2 Å². The first-order valence-electron chi connectivity index (χ1n) is 6.70. The van der Waals surface area contributed by atoms with Crippen molar-refractivity contribution in [1.29, 1.82) is 0 Å². The molecule has 0 bridgehead atoms. The number of imide groups is 1. The zero-order valence-electron chi connectivity index (χ0n) is 11.9. The molecule has 20 heavy (non-hydrogen) atoms. The Balaban J connectivity index is 2.19. The van der Waals surface area contributed by atoms with Gasteiger partial charge in [-0.15, -0.1) is 0 Å². The minimum Gasteiger partial charge on any atom is -0.296 e. The molecule has 1 unspecified atom stereocenters. The highest BCUT2D eigenvalue weighted by Crippen LogP contribution is 2.35. The third kappa shape index (κ3) is 1.73. The summed E-state index contributed by atoms with van der Waals surface area (Å²) in [6.07, 6.45) is 0.851. The molecule has 5 heteroatoms. The summed E-state index contributed by atoms with van der Waals surface area (Å²) in [6, 6.07) is 6.08. The van der Waals surface area contributed by atoms with Gasteiger partial charge in [0.15, 0.2) is 0 Å². The first kappa shape index (κ1) is 12.8. The number of nitrogens with zero attached hydrogens (tertiary/aromatic N) is 2. The quantitative estimate of drug-likeness (QED) is 0.801. The van der Waals surface area contributed by atoms with Gasteiger partial charge in [-0.25, -0.2) is 0 Å². The van der Waals surface area contributed by atoms with Gasteiger partial charge in [-0.2, -0.15) is 5.10 Å². The van der Waals surface area contributed by atoms with Gasteiger partial charge in [0.25, 0.3) is 0 Å². The second-order valence-electron chi connectivity index (χ2n) is 5.70. The molecule has 1 aliphatic rings. The van der Waals surface area contributed by atoms with Crippen LogP contribution in [0.5, 0.6) is 0 Å². The number of hydrogen-bond acceptors (Lipinski definition) is 3. The molecule has 1 aromatic carbocycles. The van der Waals surface area contributed by atoms with Gasteiger partial charge in [-0.05, 0) is 31.9 Å². The summed E-state index contributed by atoms with van der Waals surface area (Å²) >= 11 is 0. The Labute approximate surface area is 117 Å². The average Bonchev–Trinajstić information content (AvgIpc) is 2.72. The summed E-state index contributed by atoms with van der Waals surface area (Å²) in [5, 5.41) is 7.95. The van der Waals surface area contributed by atoms with E-state index in [1.165, 1.54) is 0 Å². The molecular weight excluding hydrogens is 254 g/mol. The highest BCUT2D eigenvalue weighted by molar-refractivity contribution is 6.04. The summed E-state index contributed by atoms with van der Waals surface area (Å²) in [6.45, 7) is 3.89. The predicted octanol–water partition coefficient (Wildman–Crippen LogP) is 1.58. The molecule has 1 N–H and O–H groups in total. The zero-order chi connectivity index (χ0) is 14.5. The van der Waals surface area contributed by atoms with E-state index in [9.17, 15) is 9.59 Å². The van der Waals surface area contributed by atoms with E-state index >= 15 is 0 Å². The Morgan fingerprint density at radius 1 is 1.35 bits per heavy atom. The Hall–Kier alpha value is -2.17. The van der Waals surface area contributed by atoms with Crippen molar-refractivity contribution in [3.8, 4) is 0 Å². The Bertz CT molecular complexity index is 732. The number of carbonyl (C=O) groups is 2. The van der Waals surface area contributed by atoms with Crippen molar-refractivity contribution >= 4 is 22.7 Å². The molecule has 5 nitrogen and oxygen atoms in total. The number of nitrogens with one attached hydrogen (secondary N) is 1. The first-order chi connectivity index (χ1) is 9.41. The van der Waals surface area contributed by atoms with Crippen LogP contribution in [0.25, 0.3) is 10.9 Å². The van der Waals surface area contributed by atoms with E-state index in [1.54, 1.807) is 4.68 Å². The zero-order valence-corrected chi connectivity index (χ0v) is 11.9. The molecule has 3 rings (SSSR count). The average molecular weight is 271 g/mol. The van der Waals surface area contributed by atoms with Gasteiger partial charge in [0.1, 0.15) is 0 Å².